The summed E-state index contributed by atoms with van der Waals surface area (Å²) in [6, 6.07) is 3.80. The van der Waals surface area contributed by atoms with Crippen molar-refractivity contribution in [3.63, 3.8) is 0 Å². The molecule has 1 aromatic rings. The van der Waals surface area contributed by atoms with E-state index in [1.165, 1.54) is 31.4 Å². The van der Waals surface area contributed by atoms with Crippen LogP contribution in [0.3, 0.4) is 0 Å². The fourth-order valence-corrected chi connectivity index (χ4v) is 3.30. The third kappa shape index (κ3) is 3.53. The van der Waals surface area contributed by atoms with E-state index in [2.05, 4.69) is 6.92 Å². The van der Waals surface area contributed by atoms with Crippen LogP contribution in [0.15, 0.2) is 18.2 Å². The van der Waals surface area contributed by atoms with Gasteiger partial charge in [0.05, 0.1) is 0 Å². The van der Waals surface area contributed by atoms with E-state index < -0.39 is 11.6 Å². The highest BCUT2D eigenvalue weighted by molar-refractivity contribution is 5.20. The van der Waals surface area contributed by atoms with E-state index in [1.54, 1.807) is 0 Å². The van der Waals surface area contributed by atoms with Crippen molar-refractivity contribution in [3.8, 4) is 0 Å². The molecule has 106 valence electrons. The lowest BCUT2D eigenvalue weighted by atomic mass is 9.67. The van der Waals surface area contributed by atoms with Gasteiger partial charge in [0, 0.05) is 6.07 Å². The normalized spacial score (nSPS) is 27.5. The van der Waals surface area contributed by atoms with Gasteiger partial charge in [-0.2, -0.15) is 0 Å². The van der Waals surface area contributed by atoms with Crippen molar-refractivity contribution in [1.82, 2.24) is 0 Å². The predicted octanol–water partition coefficient (Wildman–Crippen LogP) is 4.05. The molecule has 0 radical (unpaired) electrons. The summed E-state index contributed by atoms with van der Waals surface area (Å²) in [6.07, 6.45) is 6.42. The minimum atomic E-state index is -0.496. The molecule has 0 unspecified atom stereocenters. The quantitative estimate of drug-likeness (QED) is 0.875. The number of hydrogen-bond acceptors (Lipinski definition) is 1. The van der Waals surface area contributed by atoms with E-state index in [0.717, 1.165) is 30.4 Å². The molecule has 1 saturated carbocycles. The lowest BCUT2D eigenvalue weighted by Gasteiger charge is -2.39. The highest BCUT2D eigenvalue weighted by atomic mass is 19.1. The number of hydrogen-bond donors (Lipinski definition) is 1. The molecule has 0 aromatic heterocycles. The monoisotopic (exact) mass is 267 g/mol. The maximum absolute atomic E-state index is 13.3. The molecular formula is C16H23F2N. The molecule has 0 bridgehead atoms. The summed E-state index contributed by atoms with van der Waals surface area (Å²) in [5.74, 6) is -0.197. The molecule has 0 saturated heterocycles. The molecular weight excluding hydrogens is 244 g/mol. The SMILES string of the molecule is CCC1CCC(CN)(Cc2cc(F)cc(F)c2)CC1. The van der Waals surface area contributed by atoms with Crippen LogP contribution in [0.4, 0.5) is 8.78 Å². The topological polar surface area (TPSA) is 26.0 Å². The van der Waals surface area contributed by atoms with E-state index >= 15 is 0 Å². The van der Waals surface area contributed by atoms with Gasteiger partial charge in [0.15, 0.2) is 0 Å². The smallest absolute Gasteiger partial charge is 0.126 e. The van der Waals surface area contributed by atoms with Crippen LogP contribution in [0, 0.1) is 23.0 Å². The molecule has 19 heavy (non-hydrogen) atoms. The number of rotatable bonds is 4. The first-order valence-electron chi connectivity index (χ1n) is 7.22. The average molecular weight is 267 g/mol. The third-order valence-corrected chi connectivity index (χ3v) is 4.68. The Hall–Kier alpha value is -0.960. The Bertz CT molecular complexity index is 403. The lowest BCUT2D eigenvalue weighted by molar-refractivity contribution is 0.153. The predicted molar refractivity (Wildman–Crippen MR) is 73.8 cm³/mol. The third-order valence-electron chi connectivity index (χ3n) is 4.68. The van der Waals surface area contributed by atoms with Gasteiger partial charge in [-0.25, -0.2) is 8.78 Å². The second kappa shape index (κ2) is 6.00. The zero-order chi connectivity index (χ0) is 13.9. The summed E-state index contributed by atoms with van der Waals surface area (Å²) < 4.78 is 26.5. The molecule has 0 spiro atoms. The molecule has 0 heterocycles. The molecule has 2 rings (SSSR count). The largest absolute Gasteiger partial charge is 0.330 e. The van der Waals surface area contributed by atoms with Crippen LogP contribution in [-0.2, 0) is 6.42 Å². The number of halogens is 2. The van der Waals surface area contributed by atoms with Crippen LogP contribution in [-0.4, -0.2) is 6.54 Å². The highest BCUT2D eigenvalue weighted by Gasteiger charge is 2.33. The maximum atomic E-state index is 13.3. The minimum absolute atomic E-state index is 0.0336. The van der Waals surface area contributed by atoms with Gasteiger partial charge in [-0.15, -0.1) is 0 Å². The Morgan fingerprint density at radius 1 is 1.16 bits per heavy atom. The summed E-state index contributed by atoms with van der Waals surface area (Å²) in [7, 11) is 0. The molecule has 0 aliphatic heterocycles. The summed E-state index contributed by atoms with van der Waals surface area (Å²) in [5.41, 5.74) is 6.73. The first-order valence-corrected chi connectivity index (χ1v) is 7.22. The van der Waals surface area contributed by atoms with Crippen LogP contribution >= 0.6 is 0 Å². The second-order valence-corrected chi connectivity index (χ2v) is 6.01. The fourth-order valence-electron chi connectivity index (χ4n) is 3.30. The van der Waals surface area contributed by atoms with E-state index in [9.17, 15) is 8.78 Å². The Kier molecular flexibility index (Phi) is 4.56. The van der Waals surface area contributed by atoms with Gasteiger partial charge in [0.2, 0.25) is 0 Å². The van der Waals surface area contributed by atoms with Crippen molar-refractivity contribution in [2.24, 2.45) is 17.1 Å². The van der Waals surface area contributed by atoms with E-state index in [4.69, 9.17) is 5.73 Å². The zero-order valence-corrected chi connectivity index (χ0v) is 11.6. The van der Waals surface area contributed by atoms with Crippen LogP contribution in [0.5, 0.6) is 0 Å². The fraction of sp³-hybridized carbons (Fsp3) is 0.625. The Balaban J connectivity index is 2.10. The van der Waals surface area contributed by atoms with Crippen LogP contribution in [0.25, 0.3) is 0 Å². The van der Waals surface area contributed by atoms with Gasteiger partial charge >= 0.3 is 0 Å². The molecule has 3 heteroatoms. The van der Waals surface area contributed by atoms with Gasteiger partial charge in [-0.3, -0.25) is 0 Å². The Morgan fingerprint density at radius 3 is 2.21 bits per heavy atom. The summed E-state index contributed by atoms with van der Waals surface area (Å²) >= 11 is 0. The summed E-state index contributed by atoms with van der Waals surface area (Å²) in [5, 5.41) is 0. The van der Waals surface area contributed by atoms with Gasteiger partial charge in [0.1, 0.15) is 11.6 Å². The second-order valence-electron chi connectivity index (χ2n) is 6.01. The standard InChI is InChI=1S/C16H23F2N/c1-2-12-3-5-16(11-19,6-4-12)10-13-7-14(17)9-15(18)8-13/h7-9,12H,2-6,10-11,19H2,1H3. The first kappa shape index (κ1) is 14.4. The van der Waals surface area contributed by atoms with E-state index in [-0.39, 0.29) is 5.41 Å². The molecule has 1 aliphatic carbocycles. The van der Waals surface area contributed by atoms with E-state index in [1.807, 2.05) is 0 Å². The van der Waals surface area contributed by atoms with Crippen LogP contribution in [0.1, 0.15) is 44.6 Å². The molecule has 1 aromatic carbocycles. The van der Waals surface area contributed by atoms with E-state index in [0.29, 0.717) is 13.0 Å². The van der Waals surface area contributed by atoms with Crippen molar-refractivity contribution in [1.29, 1.82) is 0 Å². The maximum Gasteiger partial charge on any atom is 0.126 e. The van der Waals surface area contributed by atoms with Crippen molar-refractivity contribution in [2.45, 2.75) is 45.4 Å². The lowest BCUT2D eigenvalue weighted by Crippen LogP contribution is -2.36. The van der Waals surface area contributed by atoms with Crippen LogP contribution in [0.2, 0.25) is 0 Å². The molecule has 1 fully saturated rings. The Labute approximate surface area is 114 Å². The highest BCUT2D eigenvalue weighted by Crippen LogP contribution is 2.41. The van der Waals surface area contributed by atoms with Gasteiger partial charge in [-0.05, 0) is 67.7 Å². The first-order chi connectivity index (χ1) is 9.07. The number of nitrogens with two attached hydrogens (primary N) is 1. The zero-order valence-electron chi connectivity index (χ0n) is 11.6. The summed E-state index contributed by atoms with van der Waals surface area (Å²) in [6.45, 7) is 2.82. The molecule has 2 N–H and O–H groups in total. The summed E-state index contributed by atoms with van der Waals surface area (Å²) in [4.78, 5) is 0. The van der Waals surface area contributed by atoms with Crippen molar-refractivity contribution in [2.75, 3.05) is 6.54 Å². The molecule has 0 atom stereocenters. The Morgan fingerprint density at radius 2 is 1.74 bits per heavy atom. The number of benzene rings is 1. The van der Waals surface area contributed by atoms with Crippen molar-refractivity contribution >= 4 is 0 Å². The molecule has 0 amide bonds. The minimum Gasteiger partial charge on any atom is -0.330 e. The average Bonchev–Trinajstić information content (AvgIpc) is 2.38. The van der Waals surface area contributed by atoms with Crippen molar-refractivity contribution in [3.05, 3.63) is 35.4 Å². The van der Waals surface area contributed by atoms with Crippen molar-refractivity contribution < 1.29 is 8.78 Å². The molecule has 1 nitrogen and oxygen atoms in total. The van der Waals surface area contributed by atoms with Crippen LogP contribution < -0.4 is 5.73 Å². The van der Waals surface area contributed by atoms with Gasteiger partial charge in [0.25, 0.3) is 0 Å². The molecule has 1 aliphatic rings. The van der Waals surface area contributed by atoms with Gasteiger partial charge < -0.3 is 5.73 Å². The van der Waals surface area contributed by atoms with Gasteiger partial charge in [-0.1, -0.05) is 13.3 Å².